The third kappa shape index (κ3) is 2.17. The highest BCUT2D eigenvalue weighted by Gasteiger charge is 2.44. The van der Waals surface area contributed by atoms with Gasteiger partial charge in [-0.3, -0.25) is 0 Å². The third-order valence-corrected chi connectivity index (χ3v) is 6.44. The van der Waals surface area contributed by atoms with E-state index >= 15 is 0 Å². The van der Waals surface area contributed by atoms with Crippen LogP contribution in [-0.2, 0) is 5.41 Å². The molecule has 3 aliphatic rings. The second-order valence-corrected chi connectivity index (χ2v) is 8.54. The Kier molecular flexibility index (Phi) is 3.44. The number of rotatable bonds is 1. The molecule has 0 nitrogen and oxygen atoms in total. The van der Waals surface area contributed by atoms with Crippen molar-refractivity contribution in [1.82, 2.24) is 0 Å². The van der Waals surface area contributed by atoms with Gasteiger partial charge in [0.05, 0.1) is 0 Å². The van der Waals surface area contributed by atoms with Crippen molar-refractivity contribution >= 4 is 28.2 Å². The van der Waals surface area contributed by atoms with E-state index in [2.05, 4.69) is 91.1 Å². The minimum absolute atomic E-state index is 0.219. The maximum absolute atomic E-state index is 2.47. The van der Waals surface area contributed by atoms with E-state index < -0.39 is 0 Å². The molecule has 0 amide bonds. The molecule has 0 aliphatic heterocycles. The molecule has 0 N–H and O–H groups in total. The van der Waals surface area contributed by atoms with E-state index in [4.69, 9.17) is 0 Å². The highest BCUT2D eigenvalue weighted by Crippen LogP contribution is 2.53. The summed E-state index contributed by atoms with van der Waals surface area (Å²) >= 11 is 2.44. The van der Waals surface area contributed by atoms with Gasteiger partial charge >= 0.3 is 0 Å². The van der Waals surface area contributed by atoms with Crippen LogP contribution in [0, 0.1) is 5.92 Å². The van der Waals surface area contributed by atoms with Gasteiger partial charge in [-0.2, -0.15) is 0 Å². The molecule has 0 bridgehead atoms. The Morgan fingerprint density at radius 2 is 1.86 bits per heavy atom. The Labute approximate surface area is 146 Å². The van der Waals surface area contributed by atoms with Crippen LogP contribution in [0.2, 0.25) is 0 Å². The summed E-state index contributed by atoms with van der Waals surface area (Å²) in [6, 6.07) is 7.18. The van der Waals surface area contributed by atoms with Crippen LogP contribution in [0.25, 0.3) is 5.57 Å². The Balaban J connectivity index is 1.80. The van der Waals surface area contributed by atoms with Gasteiger partial charge in [0.1, 0.15) is 0 Å². The summed E-state index contributed by atoms with van der Waals surface area (Å²) in [7, 11) is 0. The maximum atomic E-state index is 2.47. The molecule has 0 heterocycles. The van der Waals surface area contributed by atoms with E-state index in [1.54, 1.807) is 5.56 Å². The van der Waals surface area contributed by atoms with Gasteiger partial charge in [-0.1, -0.05) is 68.5 Å². The van der Waals surface area contributed by atoms with Crippen LogP contribution in [0.1, 0.15) is 49.3 Å². The Morgan fingerprint density at radius 3 is 2.64 bits per heavy atom. The second-order valence-electron chi connectivity index (χ2n) is 7.15. The number of hydrogen-bond donors (Lipinski definition) is 0. The molecule has 112 valence electrons. The van der Waals surface area contributed by atoms with E-state index in [1.807, 2.05) is 0 Å². The standard InChI is InChI=1S/C21H21I/c1-21(2)19-6-4-3-5-17(19)18-12-9-15(13-20(18)21)14-7-10-16(22)11-8-14/h3-7,9-10,12-13,17,19H,8,11H2,1-2H3. The molecule has 1 heteroatoms. The average Bonchev–Trinajstić information content (AvgIpc) is 2.77. The van der Waals surface area contributed by atoms with Gasteiger partial charge in [-0.25, -0.2) is 0 Å². The van der Waals surface area contributed by atoms with Crippen molar-refractivity contribution in [3.05, 3.63) is 74.9 Å². The lowest BCUT2D eigenvalue weighted by molar-refractivity contribution is 0.394. The highest BCUT2D eigenvalue weighted by molar-refractivity contribution is 14.1. The fraction of sp³-hybridized carbons (Fsp3) is 0.333. The number of benzene rings is 1. The minimum atomic E-state index is 0.219. The van der Waals surface area contributed by atoms with Crippen molar-refractivity contribution in [2.45, 2.75) is 38.0 Å². The molecule has 1 aromatic carbocycles. The molecule has 0 spiro atoms. The van der Waals surface area contributed by atoms with E-state index in [1.165, 1.54) is 33.1 Å². The zero-order valence-corrected chi connectivity index (χ0v) is 15.3. The fourth-order valence-electron chi connectivity index (χ4n) is 4.23. The topological polar surface area (TPSA) is 0 Å². The molecule has 4 rings (SSSR count). The van der Waals surface area contributed by atoms with Crippen LogP contribution in [0.3, 0.4) is 0 Å². The first kappa shape index (κ1) is 14.5. The van der Waals surface area contributed by atoms with Crippen molar-refractivity contribution in [2.24, 2.45) is 5.92 Å². The van der Waals surface area contributed by atoms with Crippen LogP contribution in [0.5, 0.6) is 0 Å². The maximum Gasteiger partial charge on any atom is 0.00953 e. The first-order valence-electron chi connectivity index (χ1n) is 8.12. The number of fused-ring (bicyclic) bond motifs is 3. The zero-order valence-electron chi connectivity index (χ0n) is 13.1. The molecule has 0 aromatic heterocycles. The normalized spacial score (nSPS) is 28.0. The van der Waals surface area contributed by atoms with Crippen LogP contribution >= 0.6 is 22.6 Å². The quantitative estimate of drug-likeness (QED) is 0.486. The van der Waals surface area contributed by atoms with Gasteiger partial charge in [0.2, 0.25) is 0 Å². The summed E-state index contributed by atoms with van der Waals surface area (Å²) < 4.78 is 1.46. The summed E-state index contributed by atoms with van der Waals surface area (Å²) in [6.45, 7) is 4.81. The van der Waals surface area contributed by atoms with Crippen molar-refractivity contribution in [1.29, 1.82) is 0 Å². The molecule has 0 fully saturated rings. The molecule has 0 saturated heterocycles. The summed E-state index contributed by atoms with van der Waals surface area (Å²) in [6.07, 6.45) is 16.1. The van der Waals surface area contributed by atoms with E-state index in [9.17, 15) is 0 Å². The zero-order chi connectivity index (χ0) is 15.3. The predicted octanol–water partition coefficient (Wildman–Crippen LogP) is 6.30. The van der Waals surface area contributed by atoms with Crippen LogP contribution in [-0.4, -0.2) is 0 Å². The molecule has 1 aromatic rings. The Bertz CT molecular complexity index is 743. The number of halogens is 1. The SMILES string of the molecule is CC1(C)c2cc(C3=CC=C(I)CC3)ccc2C2C=CC=CC21. The average molecular weight is 400 g/mol. The molecule has 22 heavy (non-hydrogen) atoms. The predicted molar refractivity (Wildman–Crippen MR) is 103 cm³/mol. The monoisotopic (exact) mass is 400 g/mol. The number of hydrogen-bond acceptors (Lipinski definition) is 0. The first-order chi connectivity index (χ1) is 10.6. The summed E-state index contributed by atoms with van der Waals surface area (Å²) in [5.74, 6) is 1.16. The van der Waals surface area contributed by atoms with Crippen LogP contribution < -0.4 is 0 Å². The minimum Gasteiger partial charge on any atom is -0.0796 e. The number of allylic oxidation sites excluding steroid dienone is 8. The smallest absolute Gasteiger partial charge is 0.00953 e. The molecule has 2 unspecified atom stereocenters. The van der Waals surface area contributed by atoms with Gasteiger partial charge in [-0.15, -0.1) is 0 Å². The van der Waals surface area contributed by atoms with Crippen molar-refractivity contribution in [3.63, 3.8) is 0 Å². The summed E-state index contributed by atoms with van der Waals surface area (Å²) in [5.41, 5.74) is 6.19. The molecule has 3 aliphatic carbocycles. The van der Waals surface area contributed by atoms with Gasteiger partial charge in [0, 0.05) is 5.92 Å². The van der Waals surface area contributed by atoms with Crippen molar-refractivity contribution in [2.75, 3.05) is 0 Å². The summed E-state index contributed by atoms with van der Waals surface area (Å²) in [4.78, 5) is 0. The third-order valence-electron chi connectivity index (χ3n) is 5.54. The second kappa shape index (κ2) is 5.23. The van der Waals surface area contributed by atoms with Gasteiger partial charge in [-0.05, 0) is 72.6 Å². The summed E-state index contributed by atoms with van der Waals surface area (Å²) in [5, 5.41) is 0. The lowest BCUT2D eigenvalue weighted by Gasteiger charge is -2.29. The van der Waals surface area contributed by atoms with Gasteiger partial charge in [0.25, 0.3) is 0 Å². The van der Waals surface area contributed by atoms with Crippen LogP contribution in [0.4, 0.5) is 0 Å². The van der Waals surface area contributed by atoms with E-state index in [-0.39, 0.29) is 5.41 Å². The molecular weight excluding hydrogens is 379 g/mol. The van der Waals surface area contributed by atoms with Gasteiger partial charge < -0.3 is 0 Å². The highest BCUT2D eigenvalue weighted by atomic mass is 127. The largest absolute Gasteiger partial charge is 0.0796 e. The van der Waals surface area contributed by atoms with E-state index in [0.717, 1.165) is 0 Å². The lowest BCUT2D eigenvalue weighted by atomic mass is 9.74. The Morgan fingerprint density at radius 1 is 1.05 bits per heavy atom. The fourth-order valence-corrected chi connectivity index (χ4v) is 4.68. The Hall–Kier alpha value is -1.09. The van der Waals surface area contributed by atoms with E-state index in [0.29, 0.717) is 11.8 Å². The lowest BCUT2D eigenvalue weighted by Crippen LogP contribution is -2.24. The van der Waals surface area contributed by atoms with Crippen molar-refractivity contribution < 1.29 is 0 Å². The molecule has 0 radical (unpaired) electrons. The van der Waals surface area contributed by atoms with Crippen molar-refractivity contribution in [3.8, 4) is 0 Å². The van der Waals surface area contributed by atoms with Gasteiger partial charge in [0.15, 0.2) is 0 Å². The first-order valence-corrected chi connectivity index (χ1v) is 9.20. The molecule has 0 saturated carbocycles. The molecular formula is C21H21I. The van der Waals surface area contributed by atoms with Crippen LogP contribution in [0.15, 0.2) is 58.2 Å². The molecule has 2 atom stereocenters.